The van der Waals surface area contributed by atoms with Crippen molar-refractivity contribution in [2.24, 2.45) is 0 Å². The molecule has 0 aliphatic rings. The molecule has 1 N–H and O–H groups in total. The summed E-state index contributed by atoms with van der Waals surface area (Å²) < 4.78 is 7.38. The molecule has 0 aliphatic heterocycles. The van der Waals surface area contributed by atoms with E-state index in [1.165, 1.54) is 11.8 Å². The van der Waals surface area contributed by atoms with Gasteiger partial charge in [0.1, 0.15) is 5.69 Å². The van der Waals surface area contributed by atoms with Crippen LogP contribution in [-0.4, -0.2) is 26.6 Å². The van der Waals surface area contributed by atoms with E-state index < -0.39 is 0 Å². The van der Waals surface area contributed by atoms with Gasteiger partial charge in [0.25, 0.3) is 0 Å². The van der Waals surface area contributed by atoms with Crippen molar-refractivity contribution in [3.05, 3.63) is 60.7 Å². The number of rotatable bonds is 6. The first kappa shape index (κ1) is 16.7. The third-order valence-electron chi connectivity index (χ3n) is 3.58. The summed E-state index contributed by atoms with van der Waals surface area (Å²) in [4.78, 5) is 25.3. The minimum atomic E-state index is -0.0784. The molecule has 4 rings (SSSR count). The van der Waals surface area contributed by atoms with E-state index in [-0.39, 0.29) is 5.91 Å². The standard InChI is InChI=1S/C18H14N4O2S2/c23-16(11-25-18-22-12-4-1-2-6-15(12)26-18)21-10-13-17(20-8-7-19-13)14-5-3-9-24-14/h1-9H,10-11H2,(H,21,23). The molecule has 0 unspecified atom stereocenters. The van der Waals surface area contributed by atoms with E-state index in [0.29, 0.717) is 29.4 Å². The molecule has 3 aromatic heterocycles. The SMILES string of the molecule is O=C(CSc1nc2ccccc2s1)NCc1nccnc1-c1ccco1. The van der Waals surface area contributed by atoms with Crippen molar-refractivity contribution in [1.29, 1.82) is 0 Å². The van der Waals surface area contributed by atoms with E-state index in [4.69, 9.17) is 4.42 Å². The number of nitrogens with zero attached hydrogens (tertiary/aromatic N) is 3. The van der Waals surface area contributed by atoms with Gasteiger partial charge in [-0.05, 0) is 24.3 Å². The third-order valence-corrected chi connectivity index (χ3v) is 5.76. The predicted octanol–water partition coefficient (Wildman–Crippen LogP) is 3.75. The molecule has 0 atom stereocenters. The van der Waals surface area contributed by atoms with Crippen LogP contribution in [0.2, 0.25) is 0 Å². The molecule has 0 saturated heterocycles. The Balaban J connectivity index is 1.36. The second kappa shape index (κ2) is 7.67. The smallest absolute Gasteiger partial charge is 0.230 e. The number of thioether (sulfide) groups is 1. The lowest BCUT2D eigenvalue weighted by molar-refractivity contribution is -0.118. The molecule has 26 heavy (non-hydrogen) atoms. The van der Waals surface area contributed by atoms with E-state index in [0.717, 1.165) is 14.6 Å². The van der Waals surface area contributed by atoms with Crippen LogP contribution < -0.4 is 5.32 Å². The Morgan fingerprint density at radius 1 is 1.15 bits per heavy atom. The van der Waals surface area contributed by atoms with Gasteiger partial charge in [-0.2, -0.15) is 0 Å². The Kier molecular flexibility index (Phi) is 4.94. The summed E-state index contributed by atoms with van der Waals surface area (Å²) in [6, 6.07) is 11.6. The fourth-order valence-corrected chi connectivity index (χ4v) is 4.29. The Hall–Kier alpha value is -2.71. The van der Waals surface area contributed by atoms with Gasteiger partial charge >= 0.3 is 0 Å². The number of para-hydroxylation sites is 1. The zero-order valence-electron chi connectivity index (χ0n) is 13.6. The normalized spacial score (nSPS) is 10.9. The summed E-state index contributed by atoms with van der Waals surface area (Å²) in [6.07, 6.45) is 4.79. The van der Waals surface area contributed by atoms with Crippen LogP contribution >= 0.6 is 23.1 Å². The Morgan fingerprint density at radius 2 is 2.04 bits per heavy atom. The molecule has 8 heteroatoms. The third kappa shape index (κ3) is 3.76. The minimum absolute atomic E-state index is 0.0784. The summed E-state index contributed by atoms with van der Waals surface area (Å²) in [5.74, 6) is 0.854. The van der Waals surface area contributed by atoms with Crippen LogP contribution in [-0.2, 0) is 11.3 Å². The highest BCUT2D eigenvalue weighted by molar-refractivity contribution is 8.01. The number of aromatic nitrogens is 3. The number of carbonyl (C=O) groups excluding carboxylic acids is 1. The van der Waals surface area contributed by atoms with E-state index in [1.807, 2.05) is 30.3 Å². The number of fused-ring (bicyclic) bond motifs is 1. The van der Waals surface area contributed by atoms with Crippen LogP contribution in [0.25, 0.3) is 21.7 Å². The molecular weight excluding hydrogens is 368 g/mol. The minimum Gasteiger partial charge on any atom is -0.463 e. The Labute approximate surface area is 157 Å². The van der Waals surface area contributed by atoms with Gasteiger partial charge in [-0.1, -0.05) is 23.9 Å². The average Bonchev–Trinajstić information content (AvgIpc) is 3.34. The van der Waals surface area contributed by atoms with Crippen LogP contribution in [0, 0.1) is 0 Å². The number of hydrogen-bond donors (Lipinski definition) is 1. The molecule has 1 aromatic carbocycles. The molecular formula is C18H14N4O2S2. The van der Waals surface area contributed by atoms with Crippen molar-refractivity contribution >= 4 is 39.2 Å². The fourth-order valence-electron chi connectivity index (χ4n) is 2.39. The van der Waals surface area contributed by atoms with Gasteiger partial charge in [-0.3, -0.25) is 9.78 Å². The first-order valence-corrected chi connectivity index (χ1v) is 9.68. The van der Waals surface area contributed by atoms with Crippen molar-refractivity contribution in [2.45, 2.75) is 10.9 Å². The largest absolute Gasteiger partial charge is 0.463 e. The van der Waals surface area contributed by atoms with Crippen molar-refractivity contribution < 1.29 is 9.21 Å². The molecule has 6 nitrogen and oxygen atoms in total. The van der Waals surface area contributed by atoms with Crippen molar-refractivity contribution in [3.63, 3.8) is 0 Å². The van der Waals surface area contributed by atoms with Gasteiger partial charge < -0.3 is 9.73 Å². The molecule has 1 amide bonds. The van der Waals surface area contributed by atoms with E-state index in [2.05, 4.69) is 20.3 Å². The van der Waals surface area contributed by atoms with Crippen LogP contribution in [0.4, 0.5) is 0 Å². The van der Waals surface area contributed by atoms with Crippen molar-refractivity contribution in [2.75, 3.05) is 5.75 Å². The van der Waals surface area contributed by atoms with E-state index in [1.54, 1.807) is 36.1 Å². The van der Waals surface area contributed by atoms with Gasteiger partial charge in [-0.15, -0.1) is 11.3 Å². The number of carbonyl (C=O) groups is 1. The molecule has 0 radical (unpaired) electrons. The first-order valence-electron chi connectivity index (χ1n) is 7.88. The lowest BCUT2D eigenvalue weighted by Gasteiger charge is -2.07. The average molecular weight is 382 g/mol. The van der Waals surface area contributed by atoms with Crippen molar-refractivity contribution in [3.8, 4) is 11.5 Å². The predicted molar refractivity (Wildman–Crippen MR) is 102 cm³/mol. The summed E-state index contributed by atoms with van der Waals surface area (Å²) >= 11 is 3.02. The van der Waals surface area contributed by atoms with Crippen LogP contribution in [0.3, 0.4) is 0 Å². The van der Waals surface area contributed by atoms with Crippen LogP contribution in [0.15, 0.2) is 63.8 Å². The lowest BCUT2D eigenvalue weighted by atomic mass is 10.2. The van der Waals surface area contributed by atoms with Crippen LogP contribution in [0.5, 0.6) is 0 Å². The number of benzene rings is 1. The summed E-state index contributed by atoms with van der Waals surface area (Å²) in [5, 5.41) is 2.88. The number of hydrogen-bond acceptors (Lipinski definition) is 7. The fraction of sp³-hybridized carbons (Fsp3) is 0.111. The van der Waals surface area contributed by atoms with Gasteiger partial charge in [0.15, 0.2) is 10.1 Å². The topological polar surface area (TPSA) is 80.9 Å². The summed E-state index contributed by atoms with van der Waals surface area (Å²) in [5.41, 5.74) is 2.26. The zero-order chi connectivity index (χ0) is 17.8. The lowest BCUT2D eigenvalue weighted by Crippen LogP contribution is -2.25. The van der Waals surface area contributed by atoms with Gasteiger partial charge in [0.05, 0.1) is 34.5 Å². The summed E-state index contributed by atoms with van der Waals surface area (Å²) in [6.45, 7) is 0.295. The van der Waals surface area contributed by atoms with Crippen LogP contribution in [0.1, 0.15) is 5.69 Å². The monoisotopic (exact) mass is 382 g/mol. The molecule has 0 aliphatic carbocycles. The highest BCUT2D eigenvalue weighted by Crippen LogP contribution is 2.29. The number of thiazole rings is 1. The molecule has 3 heterocycles. The van der Waals surface area contributed by atoms with Gasteiger partial charge in [0, 0.05) is 12.4 Å². The number of amides is 1. The quantitative estimate of drug-likeness (QED) is 0.512. The van der Waals surface area contributed by atoms with Crippen molar-refractivity contribution in [1.82, 2.24) is 20.3 Å². The molecule has 0 bridgehead atoms. The molecule has 0 saturated carbocycles. The maximum atomic E-state index is 12.2. The number of nitrogens with one attached hydrogen (secondary N) is 1. The molecule has 0 spiro atoms. The first-order chi connectivity index (χ1) is 12.8. The highest BCUT2D eigenvalue weighted by Gasteiger charge is 2.12. The Morgan fingerprint density at radius 3 is 2.88 bits per heavy atom. The molecule has 0 fully saturated rings. The maximum absolute atomic E-state index is 12.2. The van der Waals surface area contributed by atoms with E-state index >= 15 is 0 Å². The van der Waals surface area contributed by atoms with Gasteiger partial charge in [-0.25, -0.2) is 9.97 Å². The Bertz CT molecular complexity index is 998. The maximum Gasteiger partial charge on any atom is 0.230 e. The van der Waals surface area contributed by atoms with Gasteiger partial charge in [0.2, 0.25) is 5.91 Å². The van der Waals surface area contributed by atoms with E-state index in [9.17, 15) is 4.79 Å². The number of furan rings is 1. The second-order valence-corrected chi connectivity index (χ2v) is 7.59. The molecule has 4 aromatic rings. The zero-order valence-corrected chi connectivity index (χ0v) is 15.2. The second-order valence-electron chi connectivity index (χ2n) is 5.34. The molecule has 130 valence electrons. The summed E-state index contributed by atoms with van der Waals surface area (Å²) in [7, 11) is 0. The highest BCUT2D eigenvalue weighted by atomic mass is 32.2.